The van der Waals surface area contributed by atoms with Crippen LogP contribution in [0.5, 0.6) is 0 Å². The number of halogens is 2. The van der Waals surface area contributed by atoms with Gasteiger partial charge in [0.1, 0.15) is 5.69 Å². The lowest BCUT2D eigenvalue weighted by atomic mass is 9.86. The molecule has 0 bridgehead atoms. The zero-order chi connectivity index (χ0) is 24.8. The number of carbonyl (C=O) groups is 2. The second-order valence-corrected chi connectivity index (χ2v) is 9.44. The SMILES string of the molecule is C=C.CC1(C)Cc2c(-c3ccccc3)c(-c3ccc(Cl)cc3)c(C(=O)C(=O)Cl)n2C1.CCC. The van der Waals surface area contributed by atoms with Gasteiger partial charge in [0.2, 0.25) is 0 Å². The Morgan fingerprint density at radius 2 is 1.45 bits per heavy atom. The lowest BCUT2D eigenvalue weighted by Gasteiger charge is -2.18. The fraction of sp³-hybridized carbons (Fsp3) is 0.286. The third-order valence-electron chi connectivity index (χ3n) is 5.19. The molecule has 3 nitrogen and oxygen atoms in total. The van der Waals surface area contributed by atoms with E-state index in [1.165, 1.54) is 6.42 Å². The lowest BCUT2D eigenvalue weighted by Crippen LogP contribution is -2.18. The molecule has 0 amide bonds. The van der Waals surface area contributed by atoms with Gasteiger partial charge in [0.05, 0.1) is 0 Å². The van der Waals surface area contributed by atoms with Crippen molar-refractivity contribution in [3.63, 3.8) is 0 Å². The summed E-state index contributed by atoms with van der Waals surface area (Å²) in [6, 6.07) is 17.3. The molecule has 0 atom stereocenters. The molecular formula is C28H31Cl2NO2. The summed E-state index contributed by atoms with van der Waals surface area (Å²) in [5.74, 6) is -0.673. The molecule has 33 heavy (non-hydrogen) atoms. The highest BCUT2D eigenvalue weighted by Gasteiger charge is 2.38. The summed E-state index contributed by atoms with van der Waals surface area (Å²) in [4.78, 5) is 24.8. The number of ketones is 1. The van der Waals surface area contributed by atoms with Gasteiger partial charge in [-0.1, -0.05) is 88.2 Å². The zero-order valence-electron chi connectivity index (χ0n) is 19.8. The molecule has 174 valence electrons. The van der Waals surface area contributed by atoms with Crippen molar-refractivity contribution < 1.29 is 9.59 Å². The van der Waals surface area contributed by atoms with E-state index in [4.69, 9.17) is 23.2 Å². The van der Waals surface area contributed by atoms with Gasteiger partial charge in [-0.2, -0.15) is 0 Å². The standard InChI is InChI=1S/C23H19Cl2NO2.C3H8.C2H4/c1-23(2)12-17-18(14-6-4-3-5-7-14)19(15-8-10-16(24)11-9-15)20(26(17)13-23)21(27)22(25)28;1-3-2;1-2/h3-11H,12-13H2,1-2H3;3H2,1-2H3;1-2H2. The van der Waals surface area contributed by atoms with Crippen molar-refractivity contribution in [1.82, 2.24) is 4.57 Å². The van der Waals surface area contributed by atoms with Crippen molar-refractivity contribution in [3.05, 3.63) is 84.2 Å². The van der Waals surface area contributed by atoms with Crippen LogP contribution in [0.15, 0.2) is 67.8 Å². The molecular weight excluding hydrogens is 453 g/mol. The molecule has 0 saturated heterocycles. The maximum absolute atomic E-state index is 12.9. The van der Waals surface area contributed by atoms with Crippen molar-refractivity contribution in [2.45, 2.75) is 47.1 Å². The molecule has 0 fully saturated rings. The second kappa shape index (κ2) is 11.5. The highest BCUT2D eigenvalue weighted by molar-refractivity contribution is 6.83. The summed E-state index contributed by atoms with van der Waals surface area (Å²) in [5, 5.41) is -0.362. The Hall–Kier alpha value is -2.62. The van der Waals surface area contributed by atoms with Gasteiger partial charge in [0.25, 0.3) is 11.0 Å². The molecule has 2 heterocycles. The van der Waals surface area contributed by atoms with Gasteiger partial charge in [-0.05, 0) is 46.7 Å². The summed E-state index contributed by atoms with van der Waals surface area (Å²) >= 11 is 11.7. The monoisotopic (exact) mass is 483 g/mol. The van der Waals surface area contributed by atoms with Crippen LogP contribution in [0, 0.1) is 5.41 Å². The Kier molecular flexibility index (Phi) is 9.27. The van der Waals surface area contributed by atoms with E-state index in [0.29, 0.717) is 17.3 Å². The lowest BCUT2D eigenvalue weighted by molar-refractivity contribution is -0.108. The third kappa shape index (κ3) is 5.85. The van der Waals surface area contributed by atoms with E-state index in [-0.39, 0.29) is 5.41 Å². The van der Waals surface area contributed by atoms with E-state index in [1.54, 1.807) is 12.1 Å². The smallest absolute Gasteiger partial charge is 0.294 e. The quantitative estimate of drug-likeness (QED) is 0.162. The van der Waals surface area contributed by atoms with Crippen LogP contribution in [0.1, 0.15) is 50.3 Å². The first-order valence-corrected chi connectivity index (χ1v) is 11.8. The van der Waals surface area contributed by atoms with E-state index in [1.807, 2.05) is 47.0 Å². The predicted molar refractivity (Wildman–Crippen MR) is 140 cm³/mol. The highest BCUT2D eigenvalue weighted by atomic mass is 35.5. The molecule has 0 saturated carbocycles. The zero-order valence-corrected chi connectivity index (χ0v) is 21.3. The number of carbonyl (C=O) groups excluding carboxylic acids is 2. The van der Waals surface area contributed by atoms with Crippen molar-refractivity contribution in [2.24, 2.45) is 5.41 Å². The molecule has 1 aliphatic heterocycles. The summed E-state index contributed by atoms with van der Waals surface area (Å²) in [6.45, 7) is 15.2. The van der Waals surface area contributed by atoms with E-state index in [0.717, 1.165) is 34.4 Å². The fourth-order valence-electron chi connectivity index (χ4n) is 4.11. The number of benzene rings is 2. The van der Waals surface area contributed by atoms with Crippen molar-refractivity contribution in [3.8, 4) is 22.3 Å². The summed E-state index contributed by atoms with van der Waals surface area (Å²) in [7, 11) is 0. The average molecular weight is 484 g/mol. The normalized spacial score (nSPS) is 13.2. The highest BCUT2D eigenvalue weighted by Crippen LogP contribution is 2.47. The largest absolute Gasteiger partial charge is 0.340 e. The Morgan fingerprint density at radius 3 is 1.97 bits per heavy atom. The number of hydrogen-bond acceptors (Lipinski definition) is 2. The number of hydrogen-bond donors (Lipinski definition) is 0. The van der Waals surface area contributed by atoms with Gasteiger partial charge in [0.15, 0.2) is 0 Å². The van der Waals surface area contributed by atoms with Crippen LogP contribution < -0.4 is 0 Å². The summed E-state index contributed by atoms with van der Waals surface area (Å²) < 4.78 is 1.98. The van der Waals surface area contributed by atoms with Crippen molar-refractivity contribution >= 4 is 34.2 Å². The van der Waals surface area contributed by atoms with Crippen LogP contribution in [-0.2, 0) is 17.8 Å². The molecule has 0 N–H and O–H groups in total. The minimum Gasteiger partial charge on any atom is -0.340 e. The van der Waals surface area contributed by atoms with Gasteiger partial charge in [-0.3, -0.25) is 9.59 Å². The van der Waals surface area contributed by atoms with E-state index in [9.17, 15) is 9.59 Å². The van der Waals surface area contributed by atoms with Crippen molar-refractivity contribution in [2.75, 3.05) is 0 Å². The molecule has 5 heteroatoms. The number of fused-ring (bicyclic) bond motifs is 1. The number of aromatic nitrogens is 1. The Morgan fingerprint density at radius 1 is 0.939 bits per heavy atom. The second-order valence-electron chi connectivity index (χ2n) is 8.66. The Bertz CT molecular complexity index is 1110. The molecule has 0 radical (unpaired) electrons. The van der Waals surface area contributed by atoms with Crippen LogP contribution in [0.3, 0.4) is 0 Å². The van der Waals surface area contributed by atoms with Crippen LogP contribution in [0.25, 0.3) is 22.3 Å². The Balaban J connectivity index is 0.000000714. The summed E-state index contributed by atoms with van der Waals surface area (Å²) in [5.41, 5.74) is 4.98. The molecule has 1 aliphatic rings. The molecule has 2 aromatic carbocycles. The van der Waals surface area contributed by atoms with E-state index in [2.05, 4.69) is 40.9 Å². The molecule has 3 aromatic rings. The molecule has 0 unspecified atom stereocenters. The van der Waals surface area contributed by atoms with Gasteiger partial charge < -0.3 is 4.57 Å². The molecule has 1 aromatic heterocycles. The predicted octanol–water partition coefficient (Wildman–Crippen LogP) is 8.22. The molecule has 0 spiro atoms. The topological polar surface area (TPSA) is 39.1 Å². The summed E-state index contributed by atoms with van der Waals surface area (Å²) in [6.07, 6.45) is 2.06. The fourth-order valence-corrected chi connectivity index (χ4v) is 4.32. The van der Waals surface area contributed by atoms with Crippen LogP contribution in [0.2, 0.25) is 5.02 Å². The van der Waals surface area contributed by atoms with Gasteiger partial charge in [0, 0.05) is 28.4 Å². The maximum atomic E-state index is 12.9. The van der Waals surface area contributed by atoms with E-state index < -0.39 is 11.0 Å². The van der Waals surface area contributed by atoms with Crippen LogP contribution in [-0.4, -0.2) is 15.6 Å². The van der Waals surface area contributed by atoms with E-state index >= 15 is 0 Å². The van der Waals surface area contributed by atoms with Crippen molar-refractivity contribution in [1.29, 1.82) is 0 Å². The van der Waals surface area contributed by atoms with Crippen LogP contribution >= 0.6 is 23.2 Å². The Labute approximate surface area is 207 Å². The first kappa shape index (κ1) is 26.6. The maximum Gasteiger partial charge on any atom is 0.294 e. The molecule has 0 aliphatic carbocycles. The van der Waals surface area contributed by atoms with Crippen LogP contribution in [0.4, 0.5) is 0 Å². The van der Waals surface area contributed by atoms with Gasteiger partial charge >= 0.3 is 0 Å². The number of rotatable bonds is 4. The minimum absolute atomic E-state index is 0.0121. The number of Topliss-reactive ketones (excluding diaryl/α,β-unsaturated/α-hetero) is 1. The first-order chi connectivity index (χ1) is 15.7. The van der Waals surface area contributed by atoms with Gasteiger partial charge in [-0.15, -0.1) is 13.2 Å². The first-order valence-electron chi connectivity index (χ1n) is 11.0. The number of nitrogens with zero attached hydrogens (tertiary/aromatic N) is 1. The molecule has 4 rings (SSSR count). The average Bonchev–Trinajstić information content (AvgIpc) is 3.26. The minimum atomic E-state index is -0.972. The third-order valence-corrected chi connectivity index (χ3v) is 5.62. The van der Waals surface area contributed by atoms with Gasteiger partial charge in [-0.25, -0.2) is 0 Å².